The van der Waals surface area contributed by atoms with Gasteiger partial charge in [-0.05, 0) is 23.8 Å². The zero-order valence-electron chi connectivity index (χ0n) is 10.1. The number of benzene rings is 1. The van der Waals surface area contributed by atoms with Gasteiger partial charge in [0.25, 0.3) is 5.91 Å². The fourth-order valence-electron chi connectivity index (χ4n) is 1.64. The van der Waals surface area contributed by atoms with Gasteiger partial charge >= 0.3 is 0 Å². The normalized spacial score (nSPS) is 9.63. The molecule has 1 amide bonds. The Hall–Kier alpha value is -2.87. The molecule has 0 aliphatic rings. The van der Waals surface area contributed by atoms with Gasteiger partial charge in [-0.2, -0.15) is 5.26 Å². The minimum absolute atomic E-state index is 0.262. The number of carbonyl (C=O) groups is 1. The van der Waals surface area contributed by atoms with Gasteiger partial charge in [-0.15, -0.1) is 0 Å². The van der Waals surface area contributed by atoms with Crippen LogP contribution in [0.15, 0.2) is 42.7 Å². The van der Waals surface area contributed by atoms with Gasteiger partial charge in [0, 0.05) is 12.7 Å². The van der Waals surface area contributed by atoms with Crippen molar-refractivity contribution in [1.82, 2.24) is 10.3 Å². The molecule has 0 radical (unpaired) electrons. The van der Waals surface area contributed by atoms with E-state index < -0.39 is 0 Å². The van der Waals surface area contributed by atoms with E-state index in [0.717, 1.165) is 5.56 Å². The Bertz CT molecular complexity index is 646. The maximum absolute atomic E-state index is 11.9. The summed E-state index contributed by atoms with van der Waals surface area (Å²) in [5.74, 6) is -0.262. The first-order valence-corrected chi connectivity index (χ1v) is 5.67. The second-order valence-electron chi connectivity index (χ2n) is 3.96. The van der Waals surface area contributed by atoms with Crippen molar-refractivity contribution in [3.05, 3.63) is 59.4 Å². The lowest BCUT2D eigenvalue weighted by atomic mass is 10.1. The fraction of sp³-hybridized carbons (Fsp3) is 0.0714. The standard InChI is InChI=1S/C14H12N4O/c15-7-10-2-1-3-11(6-10)8-18-14(19)12-4-5-17-9-13(12)16/h1-6,9H,8,16H2,(H,18,19). The molecule has 0 unspecified atom stereocenters. The number of pyridine rings is 1. The van der Waals surface area contributed by atoms with Gasteiger partial charge in [0.1, 0.15) is 0 Å². The van der Waals surface area contributed by atoms with Crippen LogP contribution in [-0.4, -0.2) is 10.9 Å². The molecule has 0 aliphatic carbocycles. The van der Waals surface area contributed by atoms with E-state index in [0.29, 0.717) is 23.4 Å². The van der Waals surface area contributed by atoms with E-state index in [1.807, 2.05) is 6.07 Å². The van der Waals surface area contributed by atoms with E-state index >= 15 is 0 Å². The molecule has 0 fully saturated rings. The Morgan fingerprint density at radius 1 is 1.42 bits per heavy atom. The summed E-state index contributed by atoms with van der Waals surface area (Å²) in [6.07, 6.45) is 2.95. The number of aromatic nitrogens is 1. The Morgan fingerprint density at radius 2 is 2.26 bits per heavy atom. The SMILES string of the molecule is N#Cc1cccc(CNC(=O)c2ccncc2N)c1. The lowest BCUT2D eigenvalue weighted by Crippen LogP contribution is -2.23. The monoisotopic (exact) mass is 252 g/mol. The summed E-state index contributed by atoms with van der Waals surface area (Å²) in [6.45, 7) is 0.343. The van der Waals surface area contributed by atoms with Crippen LogP contribution in [0.5, 0.6) is 0 Å². The summed E-state index contributed by atoms with van der Waals surface area (Å²) in [7, 11) is 0. The molecule has 5 nitrogen and oxygen atoms in total. The maximum Gasteiger partial charge on any atom is 0.253 e. The van der Waals surface area contributed by atoms with Crippen molar-refractivity contribution >= 4 is 11.6 Å². The number of nitrogens with one attached hydrogen (secondary N) is 1. The van der Waals surface area contributed by atoms with Crippen LogP contribution in [0.3, 0.4) is 0 Å². The van der Waals surface area contributed by atoms with Gasteiger partial charge < -0.3 is 11.1 Å². The highest BCUT2D eigenvalue weighted by Crippen LogP contribution is 2.09. The first-order chi connectivity index (χ1) is 9.20. The quantitative estimate of drug-likeness (QED) is 0.865. The Morgan fingerprint density at radius 3 is 3.00 bits per heavy atom. The number of carbonyl (C=O) groups excluding carboxylic acids is 1. The first kappa shape index (κ1) is 12.6. The molecule has 0 bridgehead atoms. The zero-order valence-corrected chi connectivity index (χ0v) is 10.1. The number of amides is 1. The minimum atomic E-state index is -0.262. The van der Waals surface area contributed by atoms with Gasteiger partial charge in [0.2, 0.25) is 0 Å². The fourth-order valence-corrected chi connectivity index (χ4v) is 1.64. The number of hydrogen-bond donors (Lipinski definition) is 2. The van der Waals surface area contributed by atoms with Crippen LogP contribution in [0.2, 0.25) is 0 Å². The maximum atomic E-state index is 11.9. The van der Waals surface area contributed by atoms with Crippen molar-refractivity contribution in [1.29, 1.82) is 5.26 Å². The molecule has 0 spiro atoms. The van der Waals surface area contributed by atoms with Gasteiger partial charge in [0.15, 0.2) is 0 Å². The highest BCUT2D eigenvalue weighted by Gasteiger charge is 2.08. The molecule has 3 N–H and O–H groups in total. The summed E-state index contributed by atoms with van der Waals surface area (Å²) < 4.78 is 0. The Labute approximate surface area is 110 Å². The Balaban J connectivity index is 2.05. The average Bonchev–Trinajstić information content (AvgIpc) is 2.45. The van der Waals surface area contributed by atoms with Crippen molar-refractivity contribution in [2.45, 2.75) is 6.54 Å². The van der Waals surface area contributed by atoms with Gasteiger partial charge in [0.05, 0.1) is 29.1 Å². The van der Waals surface area contributed by atoms with Crippen LogP contribution in [0.4, 0.5) is 5.69 Å². The number of hydrogen-bond acceptors (Lipinski definition) is 4. The molecule has 0 saturated carbocycles. The minimum Gasteiger partial charge on any atom is -0.397 e. The molecular formula is C14H12N4O. The summed E-state index contributed by atoms with van der Waals surface area (Å²) in [5.41, 5.74) is 7.83. The number of nitrogens with two attached hydrogens (primary N) is 1. The lowest BCUT2D eigenvalue weighted by molar-refractivity contribution is 0.0951. The van der Waals surface area contributed by atoms with E-state index in [1.165, 1.54) is 12.4 Å². The van der Waals surface area contributed by atoms with Crippen LogP contribution in [-0.2, 0) is 6.54 Å². The molecule has 0 aliphatic heterocycles. The third-order valence-electron chi connectivity index (χ3n) is 2.61. The predicted octanol–water partition coefficient (Wildman–Crippen LogP) is 1.47. The van der Waals surface area contributed by atoms with Crippen LogP contribution in [0, 0.1) is 11.3 Å². The summed E-state index contributed by atoms with van der Waals surface area (Å²) in [6, 6.07) is 10.7. The molecule has 2 rings (SSSR count). The number of nitrogen functional groups attached to an aromatic ring is 1. The van der Waals surface area contributed by atoms with E-state index in [9.17, 15) is 4.79 Å². The van der Waals surface area contributed by atoms with E-state index in [4.69, 9.17) is 11.0 Å². The molecule has 1 heterocycles. The highest BCUT2D eigenvalue weighted by molar-refractivity contribution is 5.98. The first-order valence-electron chi connectivity index (χ1n) is 5.67. The zero-order chi connectivity index (χ0) is 13.7. The van der Waals surface area contributed by atoms with Crippen LogP contribution >= 0.6 is 0 Å². The van der Waals surface area contributed by atoms with Crippen molar-refractivity contribution in [3.8, 4) is 6.07 Å². The molecule has 2 aromatic rings. The molecule has 1 aromatic heterocycles. The van der Waals surface area contributed by atoms with Gasteiger partial charge in [-0.1, -0.05) is 12.1 Å². The molecule has 94 valence electrons. The van der Waals surface area contributed by atoms with E-state index in [2.05, 4.69) is 16.4 Å². The summed E-state index contributed by atoms with van der Waals surface area (Å²) >= 11 is 0. The smallest absolute Gasteiger partial charge is 0.253 e. The highest BCUT2D eigenvalue weighted by atomic mass is 16.1. The van der Waals surface area contributed by atoms with Crippen molar-refractivity contribution in [2.75, 3.05) is 5.73 Å². The van der Waals surface area contributed by atoms with Gasteiger partial charge in [-0.25, -0.2) is 0 Å². The number of nitrogens with zero attached hydrogens (tertiary/aromatic N) is 2. The van der Waals surface area contributed by atoms with Crippen molar-refractivity contribution < 1.29 is 4.79 Å². The van der Waals surface area contributed by atoms with E-state index in [-0.39, 0.29) is 5.91 Å². The molecule has 0 saturated heterocycles. The predicted molar refractivity (Wildman–Crippen MR) is 71.0 cm³/mol. The van der Waals surface area contributed by atoms with Crippen LogP contribution in [0.1, 0.15) is 21.5 Å². The molecular weight excluding hydrogens is 240 g/mol. The largest absolute Gasteiger partial charge is 0.397 e. The van der Waals surface area contributed by atoms with Crippen LogP contribution in [0.25, 0.3) is 0 Å². The number of rotatable bonds is 3. The molecule has 5 heteroatoms. The van der Waals surface area contributed by atoms with Crippen molar-refractivity contribution in [2.24, 2.45) is 0 Å². The molecule has 0 atom stereocenters. The molecule has 1 aromatic carbocycles. The van der Waals surface area contributed by atoms with Crippen LogP contribution < -0.4 is 11.1 Å². The summed E-state index contributed by atoms with van der Waals surface area (Å²) in [5, 5.41) is 11.5. The van der Waals surface area contributed by atoms with Gasteiger partial charge in [-0.3, -0.25) is 9.78 Å². The Kier molecular flexibility index (Phi) is 3.74. The molecule has 19 heavy (non-hydrogen) atoms. The second kappa shape index (κ2) is 5.65. The number of anilines is 1. The number of nitriles is 1. The topological polar surface area (TPSA) is 91.8 Å². The summed E-state index contributed by atoms with van der Waals surface area (Å²) in [4.78, 5) is 15.7. The lowest BCUT2D eigenvalue weighted by Gasteiger charge is -2.07. The van der Waals surface area contributed by atoms with E-state index in [1.54, 1.807) is 24.3 Å². The second-order valence-corrected chi connectivity index (χ2v) is 3.96. The van der Waals surface area contributed by atoms with Crippen molar-refractivity contribution in [3.63, 3.8) is 0 Å². The third-order valence-corrected chi connectivity index (χ3v) is 2.61. The average molecular weight is 252 g/mol. The third kappa shape index (κ3) is 3.07.